The molecule has 2 heterocycles. The molecule has 0 bridgehead atoms. The lowest BCUT2D eigenvalue weighted by Gasteiger charge is -2.27. The number of nitrogen functional groups attached to an aromatic ring is 1. The molecule has 2 aromatic rings. The molecule has 1 saturated heterocycles. The van der Waals surface area contributed by atoms with Crippen molar-refractivity contribution < 1.29 is 9.13 Å². The lowest BCUT2D eigenvalue weighted by molar-refractivity contribution is 0.144. The summed E-state index contributed by atoms with van der Waals surface area (Å²) in [6.45, 7) is 7.62. The predicted octanol–water partition coefficient (Wildman–Crippen LogP) is 5.06. The Morgan fingerprint density at radius 1 is 1.29 bits per heavy atom. The van der Waals surface area contributed by atoms with Crippen LogP contribution in [0, 0.1) is 12.8 Å². The molecule has 2 aliphatic rings. The van der Waals surface area contributed by atoms with E-state index in [2.05, 4.69) is 32.7 Å². The first-order valence-corrected chi connectivity index (χ1v) is 11.7. The molecule has 31 heavy (non-hydrogen) atoms. The molecule has 1 aromatic heterocycles. The van der Waals surface area contributed by atoms with Crippen LogP contribution in [0.25, 0.3) is 0 Å². The number of hydrazine groups is 1. The minimum absolute atomic E-state index is 0.557. The van der Waals surface area contributed by atoms with Crippen molar-refractivity contribution in [2.45, 2.75) is 45.7 Å². The normalized spacial score (nSPS) is 18.8. The first kappa shape index (κ1) is 23.8. The number of nitrogens with zero attached hydrogens (tertiary/aromatic N) is 3. The summed E-state index contributed by atoms with van der Waals surface area (Å²) in [6.07, 6.45) is 5.44. The largest absolute Gasteiger partial charge is 0.437 e. The van der Waals surface area contributed by atoms with E-state index in [1.807, 2.05) is 31.2 Å². The van der Waals surface area contributed by atoms with Crippen molar-refractivity contribution in [2.75, 3.05) is 36.9 Å². The van der Waals surface area contributed by atoms with Gasteiger partial charge in [-0.15, -0.1) is 0 Å². The molecule has 1 aliphatic carbocycles. The molecular formula is C23H33BrFN5O. The maximum Gasteiger partial charge on any atom is 0.222 e. The number of nitrogens with two attached hydrogens (primary N) is 2. The molecule has 4 N–H and O–H groups in total. The second-order valence-electron chi connectivity index (χ2n) is 8.27. The third-order valence-corrected chi connectivity index (χ3v) is 6.46. The van der Waals surface area contributed by atoms with Crippen molar-refractivity contribution in [3.8, 4) is 11.6 Å². The van der Waals surface area contributed by atoms with E-state index < -0.39 is 6.17 Å². The highest BCUT2D eigenvalue weighted by molar-refractivity contribution is 9.10. The fraction of sp³-hybridized carbons (Fsp3) is 0.522. The van der Waals surface area contributed by atoms with Crippen molar-refractivity contribution in [1.29, 1.82) is 0 Å². The van der Waals surface area contributed by atoms with Gasteiger partial charge in [-0.25, -0.2) is 15.2 Å². The van der Waals surface area contributed by atoms with Crippen molar-refractivity contribution >= 4 is 27.3 Å². The Balaban J connectivity index is 0.000000254. The molecule has 6 nitrogen and oxygen atoms in total. The number of pyridine rings is 1. The number of alkyl halides is 1. The molecule has 1 saturated carbocycles. The Bertz CT molecular complexity index is 864. The van der Waals surface area contributed by atoms with Crippen LogP contribution in [-0.4, -0.2) is 42.2 Å². The number of aryl methyl sites for hydroxylation is 1. The second-order valence-corrected chi connectivity index (χ2v) is 9.06. The van der Waals surface area contributed by atoms with E-state index >= 15 is 0 Å². The molecule has 0 radical (unpaired) electrons. The summed E-state index contributed by atoms with van der Waals surface area (Å²) in [5.41, 5.74) is 8.55. The number of hydrogen-bond acceptors (Lipinski definition) is 6. The van der Waals surface area contributed by atoms with E-state index in [4.69, 9.17) is 16.3 Å². The van der Waals surface area contributed by atoms with Gasteiger partial charge in [0.2, 0.25) is 5.88 Å². The highest BCUT2D eigenvalue weighted by atomic mass is 79.9. The average Bonchev–Trinajstić information content (AvgIpc) is 3.57. The van der Waals surface area contributed by atoms with Crippen molar-refractivity contribution in [2.24, 2.45) is 11.8 Å². The van der Waals surface area contributed by atoms with Gasteiger partial charge >= 0.3 is 0 Å². The minimum Gasteiger partial charge on any atom is -0.437 e. The van der Waals surface area contributed by atoms with Crippen LogP contribution in [0.3, 0.4) is 0 Å². The Hall–Kier alpha value is -1.90. The predicted molar refractivity (Wildman–Crippen MR) is 128 cm³/mol. The lowest BCUT2D eigenvalue weighted by atomic mass is 10.1. The van der Waals surface area contributed by atoms with Gasteiger partial charge in [-0.3, -0.25) is 0 Å². The van der Waals surface area contributed by atoms with Gasteiger partial charge in [0.25, 0.3) is 0 Å². The summed E-state index contributed by atoms with van der Waals surface area (Å²) >= 11 is 3.50. The monoisotopic (exact) mass is 493 g/mol. The molecule has 1 aliphatic heterocycles. The first-order valence-electron chi connectivity index (χ1n) is 10.9. The number of rotatable bonds is 6. The summed E-state index contributed by atoms with van der Waals surface area (Å²) in [4.78, 5) is 6.39. The zero-order valence-electron chi connectivity index (χ0n) is 18.4. The van der Waals surface area contributed by atoms with E-state index in [9.17, 15) is 4.39 Å². The SMILES string of the molecule is CCN1CCCC(F)C1.Cc1cccnc1Oc1ccc(N(N)CC2CC2)c(N)c1Br. The van der Waals surface area contributed by atoms with Crippen LogP contribution in [0.5, 0.6) is 11.6 Å². The number of aromatic nitrogens is 1. The summed E-state index contributed by atoms with van der Waals surface area (Å²) in [5.74, 6) is 8.00. The first-order chi connectivity index (χ1) is 14.9. The number of hydrogen-bond donors (Lipinski definition) is 2. The zero-order valence-corrected chi connectivity index (χ0v) is 19.9. The van der Waals surface area contributed by atoms with Crippen molar-refractivity contribution in [1.82, 2.24) is 9.88 Å². The number of benzene rings is 1. The third kappa shape index (κ3) is 6.79. The van der Waals surface area contributed by atoms with E-state index in [1.54, 1.807) is 11.2 Å². The third-order valence-electron chi connectivity index (χ3n) is 5.65. The van der Waals surface area contributed by atoms with Crippen molar-refractivity contribution in [3.05, 3.63) is 40.5 Å². The van der Waals surface area contributed by atoms with Gasteiger partial charge in [-0.2, -0.15) is 0 Å². The van der Waals surface area contributed by atoms with Crippen LogP contribution in [-0.2, 0) is 0 Å². The minimum atomic E-state index is -0.557. The Morgan fingerprint density at radius 3 is 2.68 bits per heavy atom. The molecule has 0 spiro atoms. The highest BCUT2D eigenvalue weighted by Crippen LogP contribution is 2.40. The average molecular weight is 494 g/mol. The van der Waals surface area contributed by atoms with Crippen LogP contribution < -0.4 is 21.3 Å². The summed E-state index contributed by atoms with van der Waals surface area (Å²) < 4.78 is 19.1. The van der Waals surface area contributed by atoms with Gasteiger partial charge in [0, 0.05) is 24.8 Å². The smallest absolute Gasteiger partial charge is 0.222 e. The molecule has 1 atom stereocenters. The molecule has 1 aromatic carbocycles. The molecule has 1 unspecified atom stereocenters. The van der Waals surface area contributed by atoms with Gasteiger partial charge in [-0.1, -0.05) is 13.0 Å². The fourth-order valence-electron chi connectivity index (χ4n) is 3.54. The van der Waals surface area contributed by atoms with Gasteiger partial charge in [0.1, 0.15) is 11.9 Å². The Labute approximate surface area is 192 Å². The molecule has 2 fully saturated rings. The van der Waals surface area contributed by atoms with Crippen LogP contribution in [0.15, 0.2) is 34.9 Å². The van der Waals surface area contributed by atoms with Gasteiger partial charge < -0.3 is 20.4 Å². The van der Waals surface area contributed by atoms with Gasteiger partial charge in [0.15, 0.2) is 0 Å². The van der Waals surface area contributed by atoms with Crippen molar-refractivity contribution in [3.63, 3.8) is 0 Å². The fourth-order valence-corrected chi connectivity index (χ4v) is 3.95. The van der Waals surface area contributed by atoms with E-state index in [1.165, 1.54) is 12.8 Å². The number of piperidine rings is 1. The van der Waals surface area contributed by atoms with Crippen LogP contribution in [0.2, 0.25) is 0 Å². The summed E-state index contributed by atoms with van der Waals surface area (Å²) in [6, 6.07) is 7.57. The molecule has 170 valence electrons. The maximum atomic E-state index is 12.6. The van der Waals surface area contributed by atoms with Crippen LogP contribution in [0.1, 0.15) is 38.2 Å². The second kappa shape index (κ2) is 11.1. The Kier molecular flexibility index (Phi) is 8.51. The van der Waals surface area contributed by atoms with Gasteiger partial charge in [0.05, 0.1) is 15.8 Å². The quantitative estimate of drug-likeness (QED) is 0.332. The number of anilines is 2. The maximum absolute atomic E-state index is 12.6. The van der Waals surface area contributed by atoms with E-state index in [0.29, 0.717) is 34.3 Å². The topological polar surface area (TPSA) is 80.6 Å². The highest BCUT2D eigenvalue weighted by Gasteiger charge is 2.25. The van der Waals surface area contributed by atoms with Gasteiger partial charge in [-0.05, 0) is 85.7 Å². The molecule has 4 rings (SSSR count). The number of likely N-dealkylation sites (tertiary alicyclic amines) is 1. The lowest BCUT2D eigenvalue weighted by Crippen LogP contribution is -2.35. The zero-order chi connectivity index (χ0) is 22.4. The molecule has 0 amide bonds. The van der Waals surface area contributed by atoms with E-state index in [0.717, 1.165) is 43.7 Å². The number of halogens is 2. The molecule has 8 heteroatoms. The number of ether oxygens (including phenoxy) is 1. The molecular weight excluding hydrogens is 461 g/mol. The Morgan fingerprint density at radius 2 is 2.06 bits per heavy atom. The van der Waals surface area contributed by atoms with Crippen LogP contribution in [0.4, 0.5) is 15.8 Å². The standard InChI is InChI=1S/C16H19BrN4O.C7H14FN/c1-10-3-2-8-20-16(10)22-13-7-6-12(15(18)14(13)17)21(19)9-11-4-5-11;1-2-9-5-3-4-7(8)6-9/h2-3,6-8,11H,4-5,9,18-19H2,1H3;7H,2-6H2,1H3. The summed E-state index contributed by atoms with van der Waals surface area (Å²) in [5, 5.41) is 1.72. The summed E-state index contributed by atoms with van der Waals surface area (Å²) in [7, 11) is 0. The van der Waals surface area contributed by atoms with Crippen LogP contribution >= 0.6 is 15.9 Å². The van der Waals surface area contributed by atoms with E-state index in [-0.39, 0.29) is 0 Å².